The van der Waals surface area contributed by atoms with E-state index in [1.165, 1.54) is 0 Å². The predicted molar refractivity (Wildman–Crippen MR) is 57.3 cm³/mol. The van der Waals surface area contributed by atoms with Crippen molar-refractivity contribution < 1.29 is 9.84 Å². The number of hydrogen-bond donors (Lipinski definition) is 1. The summed E-state index contributed by atoms with van der Waals surface area (Å²) >= 11 is 0. The van der Waals surface area contributed by atoms with Crippen LogP contribution >= 0.6 is 0 Å². The third-order valence-electron chi connectivity index (χ3n) is 1.90. The number of rotatable bonds is 6. The first-order valence-corrected chi connectivity index (χ1v) is 4.80. The molecule has 2 nitrogen and oxygen atoms in total. The van der Waals surface area contributed by atoms with Crippen LogP contribution in [0.25, 0.3) is 0 Å². The zero-order valence-electron chi connectivity index (χ0n) is 8.28. The Morgan fingerprint density at radius 1 is 1.43 bits per heavy atom. The highest BCUT2D eigenvalue weighted by Crippen LogP contribution is 2.13. The fourth-order valence-electron chi connectivity index (χ4n) is 1.15. The van der Waals surface area contributed by atoms with Gasteiger partial charge in [0.15, 0.2) is 0 Å². The second-order valence-electron chi connectivity index (χ2n) is 3.08. The topological polar surface area (TPSA) is 29.5 Å². The quantitative estimate of drug-likeness (QED) is 0.554. The molecule has 0 bridgehead atoms. The van der Waals surface area contributed by atoms with Crippen molar-refractivity contribution in [1.29, 1.82) is 0 Å². The van der Waals surface area contributed by atoms with Gasteiger partial charge in [0.25, 0.3) is 0 Å². The summed E-state index contributed by atoms with van der Waals surface area (Å²) in [6.45, 7) is 4.40. The number of ether oxygens (including phenoxy) is 1. The summed E-state index contributed by atoms with van der Waals surface area (Å²) in [5.41, 5.74) is 0.881. The van der Waals surface area contributed by atoms with Gasteiger partial charge in [0.05, 0.1) is 13.2 Å². The Kier molecular flexibility index (Phi) is 4.79. The summed E-state index contributed by atoms with van der Waals surface area (Å²) in [7, 11) is 0. The van der Waals surface area contributed by atoms with Crippen LogP contribution in [0, 0.1) is 0 Å². The minimum atomic E-state index is 0.0594. The molecule has 0 saturated carbocycles. The molecule has 0 atom stereocenters. The van der Waals surface area contributed by atoms with E-state index in [1.807, 2.05) is 30.3 Å². The van der Waals surface area contributed by atoms with Gasteiger partial charge in [-0.25, -0.2) is 0 Å². The Balaban J connectivity index is 2.38. The average molecular weight is 192 g/mol. The third-order valence-corrected chi connectivity index (χ3v) is 1.90. The van der Waals surface area contributed by atoms with E-state index >= 15 is 0 Å². The van der Waals surface area contributed by atoms with Gasteiger partial charge in [0.2, 0.25) is 0 Å². The minimum Gasteiger partial charge on any atom is -0.494 e. The van der Waals surface area contributed by atoms with Gasteiger partial charge in [-0.2, -0.15) is 0 Å². The highest BCUT2D eigenvalue weighted by atomic mass is 16.5. The molecule has 0 fully saturated rings. The number of unbranched alkanes of at least 4 members (excludes halogenated alkanes) is 1. The van der Waals surface area contributed by atoms with Crippen LogP contribution in [0.4, 0.5) is 0 Å². The van der Waals surface area contributed by atoms with Crippen LogP contribution in [-0.4, -0.2) is 11.7 Å². The van der Waals surface area contributed by atoms with Crippen molar-refractivity contribution in [2.75, 3.05) is 6.61 Å². The molecule has 0 aliphatic rings. The van der Waals surface area contributed by atoms with Gasteiger partial charge in [-0.15, -0.1) is 6.58 Å². The molecule has 0 aliphatic carbocycles. The third kappa shape index (κ3) is 3.62. The van der Waals surface area contributed by atoms with Crippen molar-refractivity contribution in [1.82, 2.24) is 0 Å². The van der Waals surface area contributed by atoms with Crippen LogP contribution in [0.15, 0.2) is 36.9 Å². The van der Waals surface area contributed by atoms with Crippen LogP contribution in [0.1, 0.15) is 18.4 Å². The molecule has 2 heteroatoms. The van der Waals surface area contributed by atoms with E-state index in [9.17, 15) is 0 Å². The molecule has 0 aliphatic heterocycles. The molecule has 1 rings (SSSR count). The van der Waals surface area contributed by atoms with Gasteiger partial charge in [0.1, 0.15) is 5.75 Å². The van der Waals surface area contributed by atoms with E-state index in [0.29, 0.717) is 6.61 Å². The van der Waals surface area contributed by atoms with Crippen molar-refractivity contribution >= 4 is 0 Å². The van der Waals surface area contributed by atoms with Gasteiger partial charge in [0, 0.05) is 0 Å². The number of aliphatic hydroxyl groups excluding tert-OH is 1. The van der Waals surface area contributed by atoms with E-state index in [4.69, 9.17) is 9.84 Å². The summed E-state index contributed by atoms with van der Waals surface area (Å²) < 4.78 is 5.49. The Morgan fingerprint density at radius 2 is 2.29 bits per heavy atom. The first-order chi connectivity index (χ1) is 6.86. The summed E-state index contributed by atoms with van der Waals surface area (Å²) in [6, 6.07) is 7.51. The van der Waals surface area contributed by atoms with Crippen molar-refractivity contribution in [3.63, 3.8) is 0 Å². The average Bonchev–Trinajstić information content (AvgIpc) is 2.25. The smallest absolute Gasteiger partial charge is 0.119 e. The van der Waals surface area contributed by atoms with Gasteiger partial charge in [-0.1, -0.05) is 18.2 Å². The van der Waals surface area contributed by atoms with Crippen LogP contribution in [0.5, 0.6) is 5.75 Å². The van der Waals surface area contributed by atoms with Crippen LogP contribution < -0.4 is 4.74 Å². The van der Waals surface area contributed by atoms with E-state index in [-0.39, 0.29) is 6.61 Å². The molecule has 0 saturated heterocycles. The van der Waals surface area contributed by atoms with Crippen LogP contribution in [0.3, 0.4) is 0 Å². The fraction of sp³-hybridized carbons (Fsp3) is 0.333. The molecule has 0 spiro atoms. The largest absolute Gasteiger partial charge is 0.494 e. The molecular formula is C12H16O2. The van der Waals surface area contributed by atoms with E-state index < -0.39 is 0 Å². The lowest BCUT2D eigenvalue weighted by molar-refractivity contribution is 0.278. The van der Waals surface area contributed by atoms with Gasteiger partial charge in [-0.05, 0) is 30.5 Å². The molecule has 1 aromatic rings. The molecule has 1 N–H and O–H groups in total. The summed E-state index contributed by atoms with van der Waals surface area (Å²) in [4.78, 5) is 0. The number of aliphatic hydroxyl groups is 1. The first kappa shape index (κ1) is 10.8. The Hall–Kier alpha value is -1.28. The number of allylic oxidation sites excluding steroid dienone is 1. The molecule has 14 heavy (non-hydrogen) atoms. The van der Waals surface area contributed by atoms with Gasteiger partial charge in [-0.3, -0.25) is 0 Å². The molecule has 0 amide bonds. The van der Waals surface area contributed by atoms with Crippen molar-refractivity contribution in [2.24, 2.45) is 0 Å². The molecule has 0 aromatic heterocycles. The van der Waals surface area contributed by atoms with Gasteiger partial charge >= 0.3 is 0 Å². The lowest BCUT2D eigenvalue weighted by Gasteiger charge is -2.05. The second-order valence-corrected chi connectivity index (χ2v) is 3.08. The predicted octanol–water partition coefficient (Wildman–Crippen LogP) is 2.52. The molecule has 0 radical (unpaired) electrons. The molecule has 1 aromatic carbocycles. The molecule has 0 heterocycles. The molecular weight excluding hydrogens is 176 g/mol. The Morgan fingerprint density at radius 3 is 3.00 bits per heavy atom. The molecule has 0 unspecified atom stereocenters. The lowest BCUT2D eigenvalue weighted by atomic mass is 10.2. The number of benzene rings is 1. The highest BCUT2D eigenvalue weighted by Gasteiger charge is 1.94. The van der Waals surface area contributed by atoms with Gasteiger partial charge < -0.3 is 9.84 Å². The highest BCUT2D eigenvalue weighted by molar-refractivity contribution is 5.27. The van der Waals surface area contributed by atoms with Crippen molar-refractivity contribution in [2.45, 2.75) is 19.4 Å². The summed E-state index contributed by atoms with van der Waals surface area (Å²) in [5.74, 6) is 0.820. The normalized spacial score (nSPS) is 9.79. The van der Waals surface area contributed by atoms with E-state index in [2.05, 4.69) is 6.58 Å². The Bertz CT molecular complexity index is 281. The van der Waals surface area contributed by atoms with E-state index in [0.717, 1.165) is 24.2 Å². The minimum absolute atomic E-state index is 0.0594. The van der Waals surface area contributed by atoms with E-state index in [1.54, 1.807) is 0 Å². The molecule has 76 valence electrons. The summed E-state index contributed by atoms with van der Waals surface area (Å²) in [5, 5.41) is 8.90. The monoisotopic (exact) mass is 192 g/mol. The SMILES string of the molecule is C=CCCCOc1cccc(CO)c1. The maximum Gasteiger partial charge on any atom is 0.119 e. The summed E-state index contributed by atoms with van der Waals surface area (Å²) in [6.07, 6.45) is 3.83. The number of hydrogen-bond acceptors (Lipinski definition) is 2. The van der Waals surface area contributed by atoms with Crippen LogP contribution in [0.2, 0.25) is 0 Å². The fourth-order valence-corrected chi connectivity index (χ4v) is 1.15. The van der Waals surface area contributed by atoms with Crippen molar-refractivity contribution in [3.05, 3.63) is 42.5 Å². The van der Waals surface area contributed by atoms with Crippen LogP contribution in [-0.2, 0) is 6.61 Å². The second kappa shape index (κ2) is 6.22. The van der Waals surface area contributed by atoms with Crippen molar-refractivity contribution in [3.8, 4) is 5.75 Å². The maximum atomic E-state index is 8.90. The zero-order chi connectivity index (χ0) is 10.2. The maximum absolute atomic E-state index is 8.90. The first-order valence-electron chi connectivity index (χ1n) is 4.80. The Labute approximate surface area is 84.8 Å². The standard InChI is InChI=1S/C12H16O2/c1-2-3-4-8-14-12-7-5-6-11(9-12)10-13/h2,5-7,9,13H,1,3-4,8,10H2. The zero-order valence-corrected chi connectivity index (χ0v) is 8.28. The lowest BCUT2D eigenvalue weighted by Crippen LogP contribution is -1.97.